The van der Waals surface area contributed by atoms with Crippen LogP contribution in [-0.4, -0.2) is 9.91 Å². The summed E-state index contributed by atoms with van der Waals surface area (Å²) in [5.74, 6) is 0. The number of hydrogen-bond donors (Lipinski definition) is 1. The van der Waals surface area contributed by atoms with Gasteiger partial charge in [0.2, 0.25) is 0 Å². The molecular formula is C7H4F2N4O2. The molecule has 0 saturated carbocycles. The maximum atomic E-state index is 12.2. The predicted octanol–water partition coefficient (Wildman–Crippen LogP) is 1.38. The molecule has 0 atom stereocenters. The highest BCUT2D eigenvalue weighted by atomic mass is 19.3. The second-order valence-corrected chi connectivity index (χ2v) is 2.50. The topological polar surface area (TPSA) is 106 Å². The number of rotatable bonds is 2. The van der Waals surface area contributed by atoms with Gasteiger partial charge in [-0.15, -0.1) is 0 Å². The van der Waals surface area contributed by atoms with E-state index < -0.39 is 34.1 Å². The van der Waals surface area contributed by atoms with Crippen LogP contribution in [0.2, 0.25) is 0 Å². The Morgan fingerprint density at radius 2 is 2.27 bits per heavy atom. The van der Waals surface area contributed by atoms with E-state index in [1.165, 1.54) is 6.07 Å². The first-order chi connectivity index (χ1) is 6.97. The van der Waals surface area contributed by atoms with Gasteiger partial charge >= 0.3 is 0 Å². The molecule has 0 amide bonds. The average Bonchev–Trinajstić information content (AvgIpc) is 2.17. The summed E-state index contributed by atoms with van der Waals surface area (Å²) in [4.78, 5) is 12.7. The third-order valence-electron chi connectivity index (χ3n) is 1.58. The molecule has 0 saturated heterocycles. The Hall–Kier alpha value is -2.30. The van der Waals surface area contributed by atoms with Crippen LogP contribution < -0.4 is 5.73 Å². The van der Waals surface area contributed by atoms with Crippen molar-refractivity contribution in [2.75, 3.05) is 5.73 Å². The summed E-state index contributed by atoms with van der Waals surface area (Å²) < 4.78 is 24.4. The highest BCUT2D eigenvalue weighted by Gasteiger charge is 2.22. The Morgan fingerprint density at radius 1 is 1.67 bits per heavy atom. The van der Waals surface area contributed by atoms with E-state index in [4.69, 9.17) is 11.0 Å². The summed E-state index contributed by atoms with van der Waals surface area (Å²) in [6.07, 6.45) is -2.99. The summed E-state index contributed by atoms with van der Waals surface area (Å²) in [5, 5.41) is 18.9. The molecule has 0 radical (unpaired) electrons. The Morgan fingerprint density at radius 3 is 2.67 bits per heavy atom. The second kappa shape index (κ2) is 3.83. The molecule has 0 bridgehead atoms. The zero-order chi connectivity index (χ0) is 11.6. The van der Waals surface area contributed by atoms with Crippen molar-refractivity contribution in [3.05, 3.63) is 27.6 Å². The Kier molecular flexibility index (Phi) is 2.75. The smallest absolute Gasteiger partial charge is 0.297 e. The first-order valence-corrected chi connectivity index (χ1v) is 3.60. The van der Waals surface area contributed by atoms with Gasteiger partial charge in [0, 0.05) is 6.07 Å². The van der Waals surface area contributed by atoms with E-state index in [-0.39, 0.29) is 0 Å². The number of nitrogen functional groups attached to an aromatic ring is 1. The molecule has 0 aliphatic heterocycles. The van der Waals surface area contributed by atoms with Gasteiger partial charge in [0.1, 0.15) is 17.5 Å². The Bertz CT molecular complexity index is 455. The summed E-state index contributed by atoms with van der Waals surface area (Å²) in [6.45, 7) is 0. The molecule has 6 nitrogen and oxygen atoms in total. The fourth-order valence-electron chi connectivity index (χ4n) is 0.909. The van der Waals surface area contributed by atoms with Gasteiger partial charge in [-0.1, -0.05) is 0 Å². The van der Waals surface area contributed by atoms with Gasteiger partial charge in [0.15, 0.2) is 5.69 Å². The molecule has 15 heavy (non-hydrogen) atoms. The third kappa shape index (κ3) is 1.96. The molecular weight excluding hydrogens is 210 g/mol. The van der Waals surface area contributed by atoms with Crippen LogP contribution in [0, 0.1) is 21.4 Å². The number of nitro groups is 1. The van der Waals surface area contributed by atoms with Crippen LogP contribution in [-0.2, 0) is 0 Å². The van der Waals surface area contributed by atoms with E-state index in [9.17, 15) is 18.9 Å². The number of aromatic nitrogens is 1. The number of nitrogens with two attached hydrogens (primary N) is 1. The third-order valence-corrected chi connectivity index (χ3v) is 1.58. The van der Waals surface area contributed by atoms with Gasteiger partial charge in [-0.05, 0) is 0 Å². The first-order valence-electron chi connectivity index (χ1n) is 3.60. The van der Waals surface area contributed by atoms with Crippen molar-refractivity contribution in [2.24, 2.45) is 0 Å². The maximum Gasteiger partial charge on any atom is 0.297 e. The minimum absolute atomic E-state index is 0.507. The number of nitriles is 1. The summed E-state index contributed by atoms with van der Waals surface area (Å²) >= 11 is 0. The summed E-state index contributed by atoms with van der Waals surface area (Å²) in [6, 6.07) is 1.97. The van der Waals surface area contributed by atoms with Gasteiger partial charge < -0.3 is 5.73 Å². The van der Waals surface area contributed by atoms with Crippen LogP contribution in [0.25, 0.3) is 0 Å². The largest absolute Gasteiger partial charge is 0.391 e. The van der Waals surface area contributed by atoms with Gasteiger partial charge in [0.25, 0.3) is 12.1 Å². The molecule has 1 heterocycles. The minimum atomic E-state index is -2.99. The van der Waals surface area contributed by atoms with E-state index in [2.05, 4.69) is 4.98 Å². The van der Waals surface area contributed by atoms with Gasteiger partial charge in [0.05, 0.1) is 4.92 Å². The molecule has 0 fully saturated rings. The summed E-state index contributed by atoms with van der Waals surface area (Å²) in [7, 11) is 0. The second-order valence-electron chi connectivity index (χ2n) is 2.50. The van der Waals surface area contributed by atoms with Gasteiger partial charge in [-0.2, -0.15) is 5.26 Å². The van der Waals surface area contributed by atoms with Crippen molar-refractivity contribution in [1.82, 2.24) is 4.98 Å². The van der Waals surface area contributed by atoms with Crippen LogP contribution in [0.1, 0.15) is 17.8 Å². The van der Waals surface area contributed by atoms with Crippen LogP contribution >= 0.6 is 0 Å². The van der Waals surface area contributed by atoms with E-state index in [1.54, 1.807) is 0 Å². The summed E-state index contributed by atoms with van der Waals surface area (Å²) in [5.41, 5.74) is 2.54. The van der Waals surface area contributed by atoms with Crippen molar-refractivity contribution in [1.29, 1.82) is 5.26 Å². The van der Waals surface area contributed by atoms with Crippen molar-refractivity contribution in [3.8, 4) is 6.07 Å². The predicted molar refractivity (Wildman–Crippen MR) is 45.0 cm³/mol. The molecule has 0 unspecified atom stereocenters. The fraction of sp³-hybridized carbons (Fsp3) is 0.143. The van der Waals surface area contributed by atoms with Crippen LogP contribution in [0.3, 0.4) is 0 Å². The normalized spacial score (nSPS) is 10.0. The van der Waals surface area contributed by atoms with Crippen LogP contribution in [0.5, 0.6) is 0 Å². The standard InChI is InChI=1S/C7H4F2N4O2/c8-7(9)3-1-5(13(14)15)6(11)4(2-10)12-3/h1,7H,11H2. The van der Waals surface area contributed by atoms with Gasteiger partial charge in [-0.3, -0.25) is 10.1 Å². The zero-order valence-corrected chi connectivity index (χ0v) is 7.15. The average molecular weight is 214 g/mol. The molecule has 0 aliphatic carbocycles. The lowest BCUT2D eigenvalue weighted by molar-refractivity contribution is -0.384. The lowest BCUT2D eigenvalue weighted by Gasteiger charge is -2.02. The number of nitrogens with zero attached hydrogens (tertiary/aromatic N) is 3. The molecule has 0 aliphatic rings. The SMILES string of the molecule is N#Cc1nc(C(F)F)cc([N+](=O)[O-])c1N. The lowest BCUT2D eigenvalue weighted by atomic mass is 10.2. The van der Waals surface area contributed by atoms with E-state index in [1.807, 2.05) is 0 Å². The monoisotopic (exact) mass is 214 g/mol. The van der Waals surface area contributed by atoms with E-state index in [0.29, 0.717) is 6.07 Å². The Labute approximate surface area is 82.1 Å². The van der Waals surface area contributed by atoms with Crippen LogP contribution in [0.15, 0.2) is 6.07 Å². The maximum absolute atomic E-state index is 12.2. The molecule has 1 aromatic rings. The highest BCUT2D eigenvalue weighted by molar-refractivity contribution is 5.65. The van der Waals surface area contributed by atoms with Gasteiger partial charge in [-0.25, -0.2) is 13.8 Å². The molecule has 1 rings (SSSR count). The van der Waals surface area contributed by atoms with E-state index >= 15 is 0 Å². The Balaban J connectivity index is 3.47. The van der Waals surface area contributed by atoms with Crippen molar-refractivity contribution in [3.63, 3.8) is 0 Å². The number of hydrogen-bond acceptors (Lipinski definition) is 5. The molecule has 0 spiro atoms. The molecule has 8 heteroatoms. The van der Waals surface area contributed by atoms with Crippen molar-refractivity contribution >= 4 is 11.4 Å². The molecule has 1 aromatic heterocycles. The number of anilines is 1. The minimum Gasteiger partial charge on any atom is -0.391 e. The van der Waals surface area contributed by atoms with Crippen LogP contribution in [0.4, 0.5) is 20.2 Å². The number of pyridine rings is 1. The fourth-order valence-corrected chi connectivity index (χ4v) is 0.909. The number of alkyl halides is 2. The molecule has 0 aromatic carbocycles. The van der Waals surface area contributed by atoms with Crippen molar-refractivity contribution < 1.29 is 13.7 Å². The highest BCUT2D eigenvalue weighted by Crippen LogP contribution is 2.28. The quantitative estimate of drug-likeness (QED) is 0.591. The molecule has 78 valence electrons. The van der Waals surface area contributed by atoms with E-state index in [0.717, 1.165) is 0 Å². The zero-order valence-electron chi connectivity index (χ0n) is 7.15. The number of halogens is 2. The first kappa shape index (κ1) is 10.8. The lowest BCUT2D eigenvalue weighted by Crippen LogP contribution is -2.04. The van der Waals surface area contributed by atoms with Crippen molar-refractivity contribution in [2.45, 2.75) is 6.43 Å². The molecule has 2 N–H and O–H groups in total.